The van der Waals surface area contributed by atoms with Crippen LogP contribution < -0.4 is 0 Å². The van der Waals surface area contributed by atoms with Crippen LogP contribution in [0.2, 0.25) is 0 Å². The minimum Gasteiger partial charge on any atom is -0.437 e. The molecule has 0 aliphatic rings. The van der Waals surface area contributed by atoms with Crippen molar-refractivity contribution in [3.8, 4) is 0 Å². The van der Waals surface area contributed by atoms with Gasteiger partial charge < -0.3 is 4.74 Å². The van der Waals surface area contributed by atoms with Crippen LogP contribution in [-0.4, -0.2) is 29.1 Å². The molecule has 6 heteroatoms. The zero-order valence-corrected chi connectivity index (χ0v) is 7.94. The van der Waals surface area contributed by atoms with Crippen molar-refractivity contribution < 1.29 is 9.53 Å². The van der Waals surface area contributed by atoms with Gasteiger partial charge in [0.15, 0.2) is 0 Å². The molecule has 0 bridgehead atoms. The van der Waals surface area contributed by atoms with E-state index >= 15 is 0 Å². The molecule has 0 aliphatic heterocycles. The lowest BCUT2D eigenvalue weighted by Crippen LogP contribution is -2.16. The van der Waals surface area contributed by atoms with Crippen molar-refractivity contribution in [1.29, 1.82) is 0 Å². The molecule has 0 N–H and O–H groups in total. The molecule has 0 aromatic heterocycles. The van der Waals surface area contributed by atoms with Crippen LogP contribution in [0.1, 0.15) is 6.92 Å². The molecule has 0 saturated carbocycles. The third-order valence-corrected chi connectivity index (χ3v) is 1.05. The SMILES string of the molecule is CC(=O)OC(CN=C=S)N=C=S. The molecular weight excluding hydrogens is 196 g/mol. The second-order valence-electron chi connectivity index (χ2n) is 1.72. The quantitative estimate of drug-likeness (QED) is 0.389. The first-order chi connectivity index (χ1) is 5.70. The first kappa shape index (κ1) is 11.1. The first-order valence-corrected chi connectivity index (χ1v) is 3.80. The molecule has 0 rings (SSSR count). The van der Waals surface area contributed by atoms with E-state index in [4.69, 9.17) is 0 Å². The Morgan fingerprint density at radius 3 is 2.67 bits per heavy atom. The topological polar surface area (TPSA) is 51.0 Å². The summed E-state index contributed by atoms with van der Waals surface area (Å²) in [7, 11) is 0. The van der Waals surface area contributed by atoms with E-state index in [0.29, 0.717) is 0 Å². The Hall–Kier alpha value is -0.930. The van der Waals surface area contributed by atoms with Crippen LogP contribution in [0.5, 0.6) is 0 Å². The highest BCUT2D eigenvalue weighted by atomic mass is 32.1. The lowest BCUT2D eigenvalue weighted by Gasteiger charge is -2.06. The van der Waals surface area contributed by atoms with Gasteiger partial charge in [0.25, 0.3) is 0 Å². The standard InChI is InChI=1S/C6H6N2O2S2/c1-5(9)10-6(8-4-12)2-7-3-11/h6H,2H2,1H3. The first-order valence-electron chi connectivity index (χ1n) is 2.98. The van der Waals surface area contributed by atoms with Gasteiger partial charge >= 0.3 is 5.97 Å². The van der Waals surface area contributed by atoms with Gasteiger partial charge in [0.05, 0.1) is 10.3 Å². The van der Waals surface area contributed by atoms with Gasteiger partial charge in [0, 0.05) is 6.92 Å². The Labute approximate surface area is 80.3 Å². The molecule has 0 amide bonds. The molecule has 1 atom stereocenters. The highest BCUT2D eigenvalue weighted by molar-refractivity contribution is 7.78. The molecule has 12 heavy (non-hydrogen) atoms. The summed E-state index contributed by atoms with van der Waals surface area (Å²) >= 11 is 8.66. The van der Waals surface area contributed by atoms with Crippen molar-refractivity contribution in [2.75, 3.05) is 6.54 Å². The number of hydrogen-bond donors (Lipinski definition) is 0. The van der Waals surface area contributed by atoms with E-state index in [1.165, 1.54) is 6.92 Å². The molecule has 0 fully saturated rings. The predicted molar refractivity (Wildman–Crippen MR) is 50.5 cm³/mol. The zero-order chi connectivity index (χ0) is 9.40. The van der Waals surface area contributed by atoms with Gasteiger partial charge in [-0.3, -0.25) is 4.79 Å². The molecule has 0 heterocycles. The van der Waals surface area contributed by atoms with Gasteiger partial charge in [-0.25, -0.2) is 4.99 Å². The van der Waals surface area contributed by atoms with Gasteiger partial charge in [-0.15, -0.1) is 0 Å². The monoisotopic (exact) mass is 202 g/mol. The van der Waals surface area contributed by atoms with Crippen LogP contribution in [0.25, 0.3) is 0 Å². The van der Waals surface area contributed by atoms with Crippen molar-refractivity contribution in [2.24, 2.45) is 9.98 Å². The van der Waals surface area contributed by atoms with Gasteiger partial charge in [-0.05, 0) is 24.4 Å². The average Bonchev–Trinajstić information content (AvgIpc) is 2.00. The Morgan fingerprint density at radius 1 is 1.58 bits per heavy atom. The van der Waals surface area contributed by atoms with Gasteiger partial charge in [-0.1, -0.05) is 0 Å². The fourth-order valence-corrected chi connectivity index (χ4v) is 0.662. The lowest BCUT2D eigenvalue weighted by molar-refractivity contribution is -0.145. The molecule has 0 saturated heterocycles. The number of rotatable bonds is 4. The normalized spacial score (nSPS) is 10.4. The molecule has 1 unspecified atom stereocenters. The van der Waals surface area contributed by atoms with Crippen molar-refractivity contribution >= 4 is 40.7 Å². The average molecular weight is 202 g/mol. The summed E-state index contributed by atoms with van der Waals surface area (Å²) < 4.78 is 4.68. The van der Waals surface area contributed by atoms with Crippen molar-refractivity contribution in [3.63, 3.8) is 0 Å². The number of carbonyl (C=O) groups is 1. The van der Waals surface area contributed by atoms with E-state index in [-0.39, 0.29) is 6.54 Å². The number of ether oxygens (including phenoxy) is 1. The second-order valence-corrected chi connectivity index (χ2v) is 2.08. The largest absolute Gasteiger partial charge is 0.437 e. The molecular formula is C6H6N2O2S2. The van der Waals surface area contributed by atoms with Crippen LogP contribution in [0.4, 0.5) is 0 Å². The molecule has 0 radical (unpaired) electrons. The van der Waals surface area contributed by atoms with Gasteiger partial charge in [-0.2, -0.15) is 4.99 Å². The third kappa shape index (κ3) is 5.82. The van der Waals surface area contributed by atoms with Gasteiger partial charge in [0.1, 0.15) is 6.54 Å². The van der Waals surface area contributed by atoms with Gasteiger partial charge in [0.2, 0.25) is 6.23 Å². The fraction of sp³-hybridized carbons (Fsp3) is 0.500. The van der Waals surface area contributed by atoms with E-state index in [0.717, 1.165) is 0 Å². The van der Waals surface area contributed by atoms with E-state index < -0.39 is 12.2 Å². The van der Waals surface area contributed by atoms with Crippen LogP contribution in [0, 0.1) is 0 Å². The van der Waals surface area contributed by atoms with Crippen molar-refractivity contribution in [1.82, 2.24) is 0 Å². The number of aliphatic imine (C=N–C) groups is 2. The highest BCUT2D eigenvalue weighted by Crippen LogP contribution is 1.94. The summed E-state index contributed by atoms with van der Waals surface area (Å²) in [6, 6.07) is 0. The van der Waals surface area contributed by atoms with Crippen LogP contribution >= 0.6 is 24.4 Å². The van der Waals surface area contributed by atoms with E-state index in [9.17, 15) is 4.79 Å². The molecule has 0 aliphatic carbocycles. The maximum absolute atomic E-state index is 10.5. The van der Waals surface area contributed by atoms with Crippen LogP contribution in [0.15, 0.2) is 9.98 Å². The maximum atomic E-state index is 10.5. The Kier molecular flexibility index (Phi) is 6.24. The summed E-state index contributed by atoms with van der Waals surface area (Å²) in [6.45, 7) is 1.40. The number of esters is 1. The lowest BCUT2D eigenvalue weighted by atomic mass is 10.6. The summed E-state index contributed by atoms with van der Waals surface area (Å²) in [6.07, 6.45) is -0.726. The van der Waals surface area contributed by atoms with E-state index in [2.05, 4.69) is 49.5 Å². The Balaban J connectivity index is 4.11. The number of hydrogen-bond acceptors (Lipinski definition) is 6. The summed E-state index contributed by atoms with van der Waals surface area (Å²) in [5.74, 6) is -0.450. The minimum atomic E-state index is -0.726. The predicted octanol–water partition coefficient (Wildman–Crippen LogP) is 1.08. The number of carbonyl (C=O) groups excluding carboxylic acids is 1. The molecule has 0 aromatic rings. The highest BCUT2D eigenvalue weighted by Gasteiger charge is 2.07. The van der Waals surface area contributed by atoms with Crippen LogP contribution in [-0.2, 0) is 9.53 Å². The van der Waals surface area contributed by atoms with Crippen molar-refractivity contribution in [2.45, 2.75) is 13.2 Å². The summed E-state index contributed by atoms with van der Waals surface area (Å²) in [5.41, 5.74) is 0. The molecule has 0 aromatic carbocycles. The summed E-state index contributed by atoms with van der Waals surface area (Å²) in [4.78, 5) is 17.6. The molecule has 64 valence electrons. The molecule has 4 nitrogen and oxygen atoms in total. The smallest absolute Gasteiger partial charge is 0.304 e. The number of isothiocyanates is 2. The summed E-state index contributed by atoms with van der Waals surface area (Å²) in [5, 5.41) is 4.22. The Bertz CT molecular complexity index is 250. The minimum absolute atomic E-state index is 0.132. The van der Waals surface area contributed by atoms with E-state index in [1.54, 1.807) is 0 Å². The van der Waals surface area contributed by atoms with E-state index in [1.807, 2.05) is 0 Å². The van der Waals surface area contributed by atoms with Crippen molar-refractivity contribution in [3.05, 3.63) is 0 Å². The number of nitrogens with zero attached hydrogens (tertiary/aromatic N) is 2. The maximum Gasteiger partial charge on any atom is 0.304 e. The van der Waals surface area contributed by atoms with Crippen LogP contribution in [0.3, 0.4) is 0 Å². The number of thiocarbonyl (C=S) groups is 2. The second kappa shape index (κ2) is 6.76. The fourth-order valence-electron chi connectivity index (χ4n) is 0.470. The zero-order valence-electron chi connectivity index (χ0n) is 6.31. The third-order valence-electron chi connectivity index (χ3n) is 0.811. The Morgan fingerprint density at radius 2 is 2.25 bits per heavy atom. The molecule has 0 spiro atoms.